The molecule has 138 valence electrons. The molecule has 6 heteroatoms. The summed E-state index contributed by atoms with van der Waals surface area (Å²) < 4.78 is 11.2. The molecule has 6 nitrogen and oxygen atoms in total. The normalized spacial score (nSPS) is 19.2. The molecule has 1 heterocycles. The van der Waals surface area contributed by atoms with Gasteiger partial charge in [-0.3, -0.25) is 4.79 Å². The van der Waals surface area contributed by atoms with Crippen LogP contribution in [0.25, 0.3) is 0 Å². The first-order valence-electron chi connectivity index (χ1n) is 8.61. The molecular formula is C19H28N2O4. The van der Waals surface area contributed by atoms with Crippen molar-refractivity contribution in [2.75, 3.05) is 20.2 Å². The Kier molecular flexibility index (Phi) is 5.93. The lowest BCUT2D eigenvalue weighted by molar-refractivity contribution is -0.162. The zero-order valence-electron chi connectivity index (χ0n) is 15.5. The van der Waals surface area contributed by atoms with Gasteiger partial charge in [0.2, 0.25) is 0 Å². The molecule has 2 atom stereocenters. The Balaban J connectivity index is 2.16. The van der Waals surface area contributed by atoms with E-state index in [1.165, 1.54) is 4.90 Å². The summed E-state index contributed by atoms with van der Waals surface area (Å²) in [6, 6.07) is 7.08. The van der Waals surface area contributed by atoms with E-state index in [0.29, 0.717) is 19.5 Å². The predicted octanol–water partition coefficient (Wildman–Crippen LogP) is 3.12. The van der Waals surface area contributed by atoms with Gasteiger partial charge in [0, 0.05) is 18.5 Å². The average Bonchev–Trinajstić information content (AvgIpc) is 2.58. The summed E-state index contributed by atoms with van der Waals surface area (Å²) in [7, 11) is 1.61. The number of hydrogen-bond acceptors (Lipinski definition) is 4. The highest BCUT2D eigenvalue weighted by Gasteiger charge is 2.35. The van der Waals surface area contributed by atoms with Gasteiger partial charge in [-0.2, -0.15) is 0 Å². The average molecular weight is 348 g/mol. The molecule has 25 heavy (non-hydrogen) atoms. The van der Waals surface area contributed by atoms with Crippen LogP contribution < -0.4 is 10.5 Å². The summed E-state index contributed by atoms with van der Waals surface area (Å²) in [6.45, 7) is 7.00. The highest BCUT2D eigenvalue weighted by molar-refractivity contribution is 5.76. The van der Waals surface area contributed by atoms with Crippen molar-refractivity contribution in [3.63, 3.8) is 0 Å². The minimum absolute atomic E-state index is 0.278. The van der Waals surface area contributed by atoms with E-state index < -0.39 is 12.1 Å². The number of nitrogens with two attached hydrogens (primary N) is 1. The molecule has 1 aliphatic rings. The second-order valence-corrected chi connectivity index (χ2v) is 7.58. The van der Waals surface area contributed by atoms with Crippen LogP contribution in [0.3, 0.4) is 0 Å². The summed E-state index contributed by atoms with van der Waals surface area (Å²) in [6.07, 6.45) is 1.05. The maximum absolute atomic E-state index is 12.7. The van der Waals surface area contributed by atoms with E-state index in [0.717, 1.165) is 17.7 Å². The van der Waals surface area contributed by atoms with Crippen molar-refractivity contribution in [3.8, 4) is 5.75 Å². The molecule has 2 N–H and O–H groups in total. The van der Waals surface area contributed by atoms with Crippen molar-refractivity contribution in [1.82, 2.24) is 4.90 Å². The Morgan fingerprint density at radius 3 is 2.64 bits per heavy atom. The second kappa shape index (κ2) is 7.76. The van der Waals surface area contributed by atoms with E-state index in [1.54, 1.807) is 7.11 Å². The molecule has 0 spiro atoms. The van der Waals surface area contributed by atoms with Crippen molar-refractivity contribution in [1.29, 1.82) is 0 Å². The maximum atomic E-state index is 12.7. The van der Waals surface area contributed by atoms with Crippen LogP contribution in [0.4, 0.5) is 4.79 Å². The van der Waals surface area contributed by atoms with Crippen LogP contribution in [0.2, 0.25) is 0 Å². The van der Waals surface area contributed by atoms with Crippen LogP contribution in [0.1, 0.15) is 45.3 Å². The third-order valence-corrected chi connectivity index (χ3v) is 4.48. The van der Waals surface area contributed by atoms with Crippen LogP contribution in [0.5, 0.6) is 5.75 Å². The Hall–Kier alpha value is -2.24. The second-order valence-electron chi connectivity index (χ2n) is 7.58. The highest BCUT2D eigenvalue weighted by Crippen LogP contribution is 2.38. The van der Waals surface area contributed by atoms with E-state index in [-0.39, 0.29) is 17.3 Å². The monoisotopic (exact) mass is 348 g/mol. The number of amides is 2. The number of primary amides is 1. The summed E-state index contributed by atoms with van der Waals surface area (Å²) >= 11 is 0. The van der Waals surface area contributed by atoms with E-state index >= 15 is 0 Å². The van der Waals surface area contributed by atoms with Crippen molar-refractivity contribution in [2.24, 2.45) is 17.1 Å². The molecule has 1 aromatic rings. The number of benzene rings is 1. The molecule has 0 saturated carbocycles. The fraction of sp³-hybridized carbons (Fsp3) is 0.579. The number of nitrogens with zero attached hydrogens (tertiary/aromatic N) is 1. The molecule has 1 aliphatic heterocycles. The lowest BCUT2D eigenvalue weighted by Crippen LogP contribution is -2.45. The van der Waals surface area contributed by atoms with Crippen molar-refractivity contribution in [2.45, 2.75) is 39.7 Å². The fourth-order valence-electron chi connectivity index (χ4n) is 3.13. The van der Waals surface area contributed by atoms with E-state index in [2.05, 4.69) is 0 Å². The fourth-order valence-corrected chi connectivity index (χ4v) is 3.13. The molecule has 0 radical (unpaired) electrons. The molecule has 2 rings (SSSR count). The van der Waals surface area contributed by atoms with Gasteiger partial charge in [0.05, 0.1) is 13.0 Å². The zero-order valence-corrected chi connectivity index (χ0v) is 15.5. The molecule has 1 aromatic carbocycles. The van der Waals surface area contributed by atoms with Gasteiger partial charge in [0.1, 0.15) is 11.9 Å². The number of carbonyl (C=O) groups is 2. The molecule has 2 amide bonds. The van der Waals surface area contributed by atoms with Gasteiger partial charge < -0.3 is 20.1 Å². The van der Waals surface area contributed by atoms with E-state index in [4.69, 9.17) is 15.2 Å². The summed E-state index contributed by atoms with van der Waals surface area (Å²) in [4.78, 5) is 25.6. The third kappa shape index (κ3) is 4.87. The predicted molar refractivity (Wildman–Crippen MR) is 95.2 cm³/mol. The number of esters is 1. The first-order valence-corrected chi connectivity index (χ1v) is 8.61. The lowest BCUT2D eigenvalue weighted by atomic mass is 9.84. The standard InChI is InChI=1S/C19H28N2O4/c1-19(2,3)16(13-7-5-9-15(11-13)24-4)25-17(22)14-8-6-10-21(12-14)18(20)23/h5,7,9,11,14,16H,6,8,10,12H2,1-4H3,(H2,20,23). The van der Waals surface area contributed by atoms with Gasteiger partial charge >= 0.3 is 12.0 Å². The zero-order chi connectivity index (χ0) is 18.6. The van der Waals surface area contributed by atoms with Crippen molar-refractivity contribution >= 4 is 12.0 Å². The van der Waals surface area contributed by atoms with Crippen LogP contribution in [0.15, 0.2) is 24.3 Å². The molecular weight excluding hydrogens is 320 g/mol. The van der Waals surface area contributed by atoms with Gasteiger partial charge in [0.25, 0.3) is 0 Å². The van der Waals surface area contributed by atoms with Crippen molar-refractivity contribution < 1.29 is 19.1 Å². The molecule has 0 aliphatic carbocycles. The smallest absolute Gasteiger partial charge is 0.314 e. The summed E-state index contributed by atoms with van der Waals surface area (Å²) in [5, 5.41) is 0. The number of methoxy groups -OCH3 is 1. The third-order valence-electron chi connectivity index (χ3n) is 4.48. The maximum Gasteiger partial charge on any atom is 0.314 e. The SMILES string of the molecule is COc1cccc(C(OC(=O)C2CCCN(C(N)=O)C2)C(C)(C)C)c1. The first kappa shape index (κ1) is 19.1. The number of likely N-dealkylation sites (tertiary alicyclic amines) is 1. The van der Waals surface area contributed by atoms with Gasteiger partial charge in [0.15, 0.2) is 0 Å². The lowest BCUT2D eigenvalue weighted by Gasteiger charge is -2.34. The number of rotatable bonds is 4. The van der Waals surface area contributed by atoms with Crippen LogP contribution in [-0.2, 0) is 9.53 Å². The molecule has 1 saturated heterocycles. The molecule has 0 aromatic heterocycles. The van der Waals surface area contributed by atoms with E-state index in [9.17, 15) is 9.59 Å². The number of ether oxygens (including phenoxy) is 2. The Labute approximate surface area is 149 Å². The molecule has 2 unspecified atom stereocenters. The highest BCUT2D eigenvalue weighted by atomic mass is 16.5. The number of carbonyl (C=O) groups excluding carboxylic acids is 2. The number of hydrogen-bond donors (Lipinski definition) is 1. The Morgan fingerprint density at radius 2 is 2.04 bits per heavy atom. The number of piperidine rings is 1. The van der Waals surface area contributed by atoms with Crippen molar-refractivity contribution in [3.05, 3.63) is 29.8 Å². The van der Waals surface area contributed by atoms with E-state index in [1.807, 2.05) is 45.0 Å². The summed E-state index contributed by atoms with van der Waals surface area (Å²) in [5.74, 6) is 0.103. The van der Waals surface area contributed by atoms with Gasteiger partial charge in [-0.05, 0) is 30.5 Å². The first-order chi connectivity index (χ1) is 11.7. The Morgan fingerprint density at radius 1 is 1.32 bits per heavy atom. The quantitative estimate of drug-likeness (QED) is 0.848. The van der Waals surface area contributed by atoms with Gasteiger partial charge in [-0.1, -0.05) is 32.9 Å². The molecule has 1 fully saturated rings. The Bertz CT molecular complexity index is 624. The summed E-state index contributed by atoms with van der Waals surface area (Å²) in [5.41, 5.74) is 5.96. The van der Waals surface area contributed by atoms with Crippen LogP contribution in [-0.4, -0.2) is 37.1 Å². The van der Waals surface area contributed by atoms with Crippen LogP contribution >= 0.6 is 0 Å². The number of urea groups is 1. The topological polar surface area (TPSA) is 81.9 Å². The minimum Gasteiger partial charge on any atom is -0.497 e. The minimum atomic E-state index is -0.488. The van der Waals surface area contributed by atoms with Gasteiger partial charge in [-0.25, -0.2) is 4.79 Å². The van der Waals surface area contributed by atoms with Gasteiger partial charge in [-0.15, -0.1) is 0 Å². The van der Waals surface area contributed by atoms with Crippen LogP contribution in [0, 0.1) is 11.3 Å². The largest absolute Gasteiger partial charge is 0.497 e. The molecule has 0 bridgehead atoms.